The molecule has 2 rings (SSSR count). The molecule has 3 N–H and O–H groups in total. The summed E-state index contributed by atoms with van der Waals surface area (Å²) in [5.41, 5.74) is -1.54. The Morgan fingerprint density at radius 3 is 2.87 bits per heavy atom. The summed E-state index contributed by atoms with van der Waals surface area (Å²) >= 11 is 0. The van der Waals surface area contributed by atoms with Gasteiger partial charge in [0.05, 0.1) is 0 Å². The van der Waals surface area contributed by atoms with E-state index in [0.717, 1.165) is 0 Å². The van der Waals surface area contributed by atoms with Crippen LogP contribution in [0.4, 0.5) is 0 Å². The molecule has 0 radical (unpaired) electrons. The first kappa shape index (κ1) is 10.4. The molecule has 1 aliphatic heterocycles. The van der Waals surface area contributed by atoms with Crippen LogP contribution in [0.15, 0.2) is 24.3 Å². The number of carbonyl (C=O) groups is 1. The molecule has 15 heavy (non-hydrogen) atoms. The van der Waals surface area contributed by atoms with Crippen LogP contribution >= 0.6 is 0 Å². The summed E-state index contributed by atoms with van der Waals surface area (Å²) in [6, 6.07) is 0. The van der Waals surface area contributed by atoms with Crippen molar-refractivity contribution >= 4 is 5.97 Å². The van der Waals surface area contributed by atoms with E-state index in [1.807, 2.05) is 0 Å². The minimum absolute atomic E-state index is 0.318. The summed E-state index contributed by atoms with van der Waals surface area (Å²) in [6.45, 7) is -0.668. The maximum atomic E-state index is 11.2. The van der Waals surface area contributed by atoms with Crippen LogP contribution in [0.3, 0.4) is 0 Å². The summed E-state index contributed by atoms with van der Waals surface area (Å²) in [4.78, 5) is 11.2. The number of hydrogen-bond acceptors (Lipinski definition) is 4. The van der Waals surface area contributed by atoms with Crippen molar-refractivity contribution in [2.24, 2.45) is 5.92 Å². The smallest absolute Gasteiger partial charge is 0.340 e. The van der Waals surface area contributed by atoms with E-state index >= 15 is 0 Å². The van der Waals surface area contributed by atoms with E-state index in [2.05, 4.69) is 0 Å². The van der Waals surface area contributed by atoms with Gasteiger partial charge in [0.2, 0.25) is 5.79 Å². The minimum atomic E-state index is -1.90. The lowest BCUT2D eigenvalue weighted by atomic mass is 9.86. The molecular formula is C10H12O5. The first-order valence-electron chi connectivity index (χ1n) is 4.66. The normalized spacial score (nSPS) is 42.9. The first-order valence-corrected chi connectivity index (χ1v) is 4.66. The lowest BCUT2D eigenvalue weighted by Gasteiger charge is -2.39. The Hall–Kier alpha value is -1.17. The minimum Gasteiger partial charge on any atom is -0.479 e. The molecule has 1 aliphatic carbocycles. The number of allylic oxidation sites excluding steroid dienone is 1. The fraction of sp³-hybridized carbons (Fsp3) is 0.500. The molecule has 5 heteroatoms. The summed E-state index contributed by atoms with van der Waals surface area (Å²) < 4.78 is 5.13. The summed E-state index contributed by atoms with van der Waals surface area (Å²) in [7, 11) is 0. The van der Waals surface area contributed by atoms with Crippen molar-refractivity contribution < 1.29 is 24.9 Å². The number of aliphatic hydroxyl groups is 2. The Morgan fingerprint density at radius 1 is 1.53 bits per heavy atom. The Balaban J connectivity index is 2.40. The standard InChI is InChI=1S/C10H12O5/c11-6-9(14)5-3-7-2-1-4-10(7,15-9)8(12)13/h1,3-5,7,11,14H,2,6H2,(H,12,13). The van der Waals surface area contributed by atoms with Crippen LogP contribution in [-0.4, -0.2) is 39.3 Å². The van der Waals surface area contributed by atoms with Gasteiger partial charge in [-0.15, -0.1) is 0 Å². The van der Waals surface area contributed by atoms with E-state index < -0.39 is 24.0 Å². The second kappa shape index (κ2) is 3.16. The lowest BCUT2D eigenvalue weighted by Crippen LogP contribution is -2.54. The second-order valence-electron chi connectivity index (χ2n) is 3.81. The van der Waals surface area contributed by atoms with Crippen LogP contribution in [0.2, 0.25) is 0 Å². The van der Waals surface area contributed by atoms with Crippen molar-refractivity contribution in [3.8, 4) is 0 Å². The number of rotatable bonds is 2. The lowest BCUT2D eigenvalue weighted by molar-refractivity contribution is -0.255. The Bertz CT molecular complexity index is 348. The van der Waals surface area contributed by atoms with Gasteiger partial charge < -0.3 is 20.1 Å². The highest BCUT2D eigenvalue weighted by Crippen LogP contribution is 2.41. The molecule has 0 fully saturated rings. The number of aliphatic hydroxyl groups excluding tert-OH is 1. The van der Waals surface area contributed by atoms with Crippen LogP contribution in [0.25, 0.3) is 0 Å². The monoisotopic (exact) mass is 212 g/mol. The molecule has 0 aromatic rings. The molecule has 2 aliphatic rings. The van der Waals surface area contributed by atoms with Crippen molar-refractivity contribution in [1.82, 2.24) is 0 Å². The van der Waals surface area contributed by atoms with E-state index in [-0.39, 0.29) is 5.92 Å². The third-order valence-corrected chi connectivity index (χ3v) is 2.80. The molecule has 0 amide bonds. The Kier molecular flexibility index (Phi) is 2.18. The predicted molar refractivity (Wildman–Crippen MR) is 49.9 cm³/mol. The quantitative estimate of drug-likeness (QED) is 0.545. The first-order chi connectivity index (χ1) is 7.02. The molecular weight excluding hydrogens is 200 g/mol. The topological polar surface area (TPSA) is 87.0 Å². The molecule has 0 saturated carbocycles. The molecule has 3 atom stereocenters. The third kappa shape index (κ3) is 1.40. The summed E-state index contributed by atoms with van der Waals surface area (Å²) in [5.74, 6) is -3.37. The molecule has 0 spiro atoms. The van der Waals surface area contributed by atoms with Gasteiger partial charge in [0.25, 0.3) is 0 Å². The zero-order chi connectivity index (χ0) is 11.1. The van der Waals surface area contributed by atoms with Crippen molar-refractivity contribution in [3.05, 3.63) is 24.3 Å². The Morgan fingerprint density at radius 2 is 2.27 bits per heavy atom. The average molecular weight is 212 g/mol. The maximum absolute atomic E-state index is 11.2. The van der Waals surface area contributed by atoms with Crippen molar-refractivity contribution in [2.45, 2.75) is 17.8 Å². The van der Waals surface area contributed by atoms with Gasteiger partial charge in [-0.05, 0) is 18.6 Å². The van der Waals surface area contributed by atoms with Crippen molar-refractivity contribution in [2.75, 3.05) is 6.61 Å². The Labute approximate surface area is 86.3 Å². The number of fused-ring (bicyclic) bond motifs is 1. The van der Waals surface area contributed by atoms with Crippen LogP contribution < -0.4 is 0 Å². The number of hydrogen-bond donors (Lipinski definition) is 3. The highest BCUT2D eigenvalue weighted by Gasteiger charge is 2.53. The van der Waals surface area contributed by atoms with E-state index in [9.17, 15) is 9.90 Å². The van der Waals surface area contributed by atoms with E-state index in [1.54, 1.807) is 12.2 Å². The molecule has 82 valence electrons. The second-order valence-corrected chi connectivity index (χ2v) is 3.81. The van der Waals surface area contributed by atoms with Crippen LogP contribution in [0.5, 0.6) is 0 Å². The number of aliphatic carboxylic acids is 1. The van der Waals surface area contributed by atoms with Crippen molar-refractivity contribution in [1.29, 1.82) is 0 Å². The zero-order valence-electron chi connectivity index (χ0n) is 7.96. The SMILES string of the molecule is O=C(O)C12C=CCC1C=CC(O)(CO)O2. The highest BCUT2D eigenvalue weighted by atomic mass is 16.7. The molecule has 0 aromatic carbocycles. The fourth-order valence-corrected chi connectivity index (χ4v) is 1.97. The summed E-state index contributed by atoms with van der Waals surface area (Å²) in [5, 5.41) is 27.7. The van der Waals surface area contributed by atoms with Gasteiger partial charge in [0, 0.05) is 5.92 Å². The van der Waals surface area contributed by atoms with E-state index in [1.165, 1.54) is 12.2 Å². The number of ether oxygens (including phenoxy) is 1. The number of carboxylic acid groups (broad SMARTS) is 1. The number of carboxylic acids is 1. The molecule has 0 saturated heterocycles. The van der Waals surface area contributed by atoms with Gasteiger partial charge in [-0.2, -0.15) is 0 Å². The fourth-order valence-electron chi connectivity index (χ4n) is 1.97. The van der Waals surface area contributed by atoms with Crippen LogP contribution in [0, 0.1) is 5.92 Å². The van der Waals surface area contributed by atoms with Gasteiger partial charge in [0.1, 0.15) is 6.61 Å². The molecule has 3 unspecified atom stereocenters. The van der Waals surface area contributed by atoms with E-state index in [4.69, 9.17) is 14.9 Å². The molecule has 1 heterocycles. The van der Waals surface area contributed by atoms with Gasteiger partial charge in [-0.25, -0.2) is 4.79 Å². The van der Waals surface area contributed by atoms with Crippen LogP contribution in [0.1, 0.15) is 6.42 Å². The summed E-state index contributed by atoms with van der Waals surface area (Å²) in [6.07, 6.45) is 6.56. The predicted octanol–water partition coefficient (Wildman–Crippen LogP) is -0.347. The highest BCUT2D eigenvalue weighted by molar-refractivity contribution is 5.82. The van der Waals surface area contributed by atoms with E-state index in [0.29, 0.717) is 6.42 Å². The van der Waals surface area contributed by atoms with Gasteiger partial charge in [0.15, 0.2) is 5.60 Å². The maximum Gasteiger partial charge on any atom is 0.340 e. The molecule has 0 aromatic heterocycles. The van der Waals surface area contributed by atoms with Crippen molar-refractivity contribution in [3.63, 3.8) is 0 Å². The third-order valence-electron chi connectivity index (χ3n) is 2.80. The zero-order valence-corrected chi connectivity index (χ0v) is 7.96. The largest absolute Gasteiger partial charge is 0.479 e. The molecule has 0 bridgehead atoms. The van der Waals surface area contributed by atoms with Gasteiger partial charge >= 0.3 is 5.97 Å². The molecule has 5 nitrogen and oxygen atoms in total. The van der Waals surface area contributed by atoms with Gasteiger partial charge in [-0.3, -0.25) is 0 Å². The van der Waals surface area contributed by atoms with Crippen LogP contribution in [-0.2, 0) is 9.53 Å². The van der Waals surface area contributed by atoms with Gasteiger partial charge in [-0.1, -0.05) is 12.2 Å². The average Bonchev–Trinajstić information content (AvgIpc) is 2.61.